The van der Waals surface area contributed by atoms with Crippen molar-refractivity contribution in [1.82, 2.24) is 9.88 Å². The molecule has 0 bridgehead atoms. The molecule has 2 heterocycles. The second-order valence-electron chi connectivity index (χ2n) is 7.67. The van der Waals surface area contributed by atoms with Crippen LogP contribution in [0.15, 0.2) is 27.4 Å². The van der Waals surface area contributed by atoms with E-state index in [1.807, 2.05) is 35.4 Å². The molecule has 4 rings (SSSR count). The van der Waals surface area contributed by atoms with Crippen molar-refractivity contribution >= 4 is 45.4 Å². The minimum Gasteiger partial charge on any atom is -0.493 e. The van der Waals surface area contributed by atoms with Crippen molar-refractivity contribution in [3.8, 4) is 17.2 Å². The van der Waals surface area contributed by atoms with Crippen LogP contribution in [0.25, 0.3) is 6.08 Å². The van der Waals surface area contributed by atoms with E-state index in [1.165, 1.54) is 29.5 Å². The molecule has 2 aromatic rings. The number of carbonyl (C=O) groups is 1. The number of nitrogens with zero attached hydrogens (tertiary/aromatic N) is 3. The molecule has 0 spiro atoms. The molecule has 1 aliphatic heterocycles. The average Bonchev–Trinajstić information content (AvgIpc) is 3.36. The number of ether oxygens (including phenoxy) is 3. The molecule has 1 saturated heterocycles. The van der Waals surface area contributed by atoms with Crippen LogP contribution in [-0.4, -0.2) is 48.3 Å². The predicted molar refractivity (Wildman–Crippen MR) is 129 cm³/mol. The van der Waals surface area contributed by atoms with Crippen LogP contribution >= 0.6 is 23.1 Å². The molecule has 1 aliphatic carbocycles. The van der Waals surface area contributed by atoms with Gasteiger partial charge in [0, 0.05) is 17.0 Å². The van der Waals surface area contributed by atoms with Crippen LogP contribution in [0.3, 0.4) is 0 Å². The Labute approximate surface area is 196 Å². The molecule has 1 aromatic carbocycles. The smallest absolute Gasteiger partial charge is 0.267 e. The number of amidine groups is 1. The van der Waals surface area contributed by atoms with E-state index < -0.39 is 0 Å². The first-order chi connectivity index (χ1) is 15.5. The standard InChI is InChI=1S/C23H27N3O4S2/c1-14-13-31-22(24-14)25-23-26(16-8-6-5-7-9-16)21(27)18(32-23)12-15-10-11-17(28-2)20(30-4)19(15)29-3/h10-13,16H,5-9H2,1-4H3/b18-12-,25-23+. The Morgan fingerprint density at radius 2 is 1.84 bits per heavy atom. The van der Waals surface area contributed by atoms with Crippen LogP contribution in [0.2, 0.25) is 0 Å². The van der Waals surface area contributed by atoms with Crippen molar-refractivity contribution in [1.29, 1.82) is 0 Å². The Kier molecular flexibility index (Phi) is 7.05. The van der Waals surface area contributed by atoms with E-state index in [9.17, 15) is 4.79 Å². The number of hydrogen-bond donors (Lipinski definition) is 0. The monoisotopic (exact) mass is 473 g/mol. The van der Waals surface area contributed by atoms with Gasteiger partial charge in [-0.2, -0.15) is 4.99 Å². The van der Waals surface area contributed by atoms with Gasteiger partial charge in [0.2, 0.25) is 10.9 Å². The number of aliphatic imine (C=N–C) groups is 1. The molecule has 2 fully saturated rings. The fourth-order valence-corrected chi connectivity index (χ4v) is 5.83. The van der Waals surface area contributed by atoms with Gasteiger partial charge >= 0.3 is 0 Å². The molecular weight excluding hydrogens is 446 g/mol. The zero-order valence-electron chi connectivity index (χ0n) is 18.7. The first kappa shape index (κ1) is 22.7. The third kappa shape index (κ3) is 4.49. The van der Waals surface area contributed by atoms with Gasteiger partial charge in [-0.05, 0) is 49.7 Å². The highest BCUT2D eigenvalue weighted by molar-refractivity contribution is 8.18. The number of aryl methyl sites for hydroxylation is 1. The number of benzene rings is 1. The van der Waals surface area contributed by atoms with Crippen molar-refractivity contribution in [2.24, 2.45) is 4.99 Å². The van der Waals surface area contributed by atoms with Crippen molar-refractivity contribution in [3.63, 3.8) is 0 Å². The van der Waals surface area contributed by atoms with Gasteiger partial charge in [0.15, 0.2) is 16.7 Å². The van der Waals surface area contributed by atoms with E-state index in [0.29, 0.717) is 32.5 Å². The van der Waals surface area contributed by atoms with Gasteiger partial charge in [0.1, 0.15) is 0 Å². The second-order valence-corrected chi connectivity index (χ2v) is 9.51. The van der Waals surface area contributed by atoms with Crippen molar-refractivity contribution in [2.45, 2.75) is 45.1 Å². The minimum absolute atomic E-state index is 0.0224. The average molecular weight is 474 g/mol. The maximum atomic E-state index is 13.5. The fraction of sp³-hybridized carbons (Fsp3) is 0.435. The quantitative estimate of drug-likeness (QED) is 0.522. The molecule has 170 valence electrons. The molecular formula is C23H27N3O4S2. The first-order valence-corrected chi connectivity index (χ1v) is 12.3. The Morgan fingerprint density at radius 1 is 1.09 bits per heavy atom. The lowest BCUT2D eigenvalue weighted by Crippen LogP contribution is -2.40. The number of methoxy groups -OCH3 is 3. The molecule has 9 heteroatoms. The highest BCUT2D eigenvalue weighted by atomic mass is 32.2. The van der Waals surface area contributed by atoms with Crippen LogP contribution in [0.5, 0.6) is 17.2 Å². The number of thioether (sulfide) groups is 1. The van der Waals surface area contributed by atoms with E-state index in [1.54, 1.807) is 21.3 Å². The summed E-state index contributed by atoms with van der Waals surface area (Å²) < 4.78 is 16.5. The van der Waals surface area contributed by atoms with E-state index in [4.69, 9.17) is 19.2 Å². The van der Waals surface area contributed by atoms with E-state index in [-0.39, 0.29) is 11.9 Å². The maximum absolute atomic E-state index is 13.5. The van der Waals surface area contributed by atoms with E-state index in [2.05, 4.69) is 4.98 Å². The second kappa shape index (κ2) is 9.95. The van der Waals surface area contributed by atoms with Crippen molar-refractivity contribution in [3.05, 3.63) is 33.7 Å². The lowest BCUT2D eigenvalue weighted by Gasteiger charge is -2.30. The Morgan fingerprint density at radius 3 is 2.47 bits per heavy atom. The van der Waals surface area contributed by atoms with Gasteiger partial charge in [0.25, 0.3) is 5.91 Å². The summed E-state index contributed by atoms with van der Waals surface area (Å²) >= 11 is 2.88. The first-order valence-electron chi connectivity index (χ1n) is 10.6. The van der Waals surface area contributed by atoms with Crippen LogP contribution < -0.4 is 14.2 Å². The topological polar surface area (TPSA) is 73.3 Å². The van der Waals surface area contributed by atoms with Crippen LogP contribution in [0, 0.1) is 6.92 Å². The Bertz CT molecular complexity index is 1060. The van der Waals surface area contributed by atoms with Gasteiger partial charge in [-0.1, -0.05) is 19.3 Å². The summed E-state index contributed by atoms with van der Waals surface area (Å²) in [6.45, 7) is 1.95. The number of amides is 1. The predicted octanol–water partition coefficient (Wildman–Crippen LogP) is 5.41. The summed E-state index contributed by atoms with van der Waals surface area (Å²) in [6.07, 6.45) is 7.32. The van der Waals surface area contributed by atoms with Crippen LogP contribution in [-0.2, 0) is 4.79 Å². The number of carbonyl (C=O) groups excluding carboxylic acids is 1. The Balaban J connectivity index is 1.74. The fourth-order valence-electron chi connectivity index (χ4n) is 4.08. The van der Waals surface area contributed by atoms with Gasteiger partial charge < -0.3 is 14.2 Å². The molecule has 1 amide bonds. The SMILES string of the molecule is COc1ccc(/C=C2\S/C(=N/c3nc(C)cs3)N(C3CCCCC3)C2=O)c(OC)c1OC. The van der Waals surface area contributed by atoms with Gasteiger partial charge in [0.05, 0.1) is 31.9 Å². The highest BCUT2D eigenvalue weighted by Crippen LogP contribution is 2.43. The van der Waals surface area contributed by atoms with Crippen LogP contribution in [0.4, 0.5) is 5.13 Å². The van der Waals surface area contributed by atoms with Crippen molar-refractivity contribution in [2.75, 3.05) is 21.3 Å². The molecule has 7 nitrogen and oxygen atoms in total. The number of rotatable bonds is 6. The molecule has 0 unspecified atom stereocenters. The molecule has 1 saturated carbocycles. The zero-order valence-corrected chi connectivity index (χ0v) is 20.3. The number of thiazole rings is 1. The van der Waals surface area contributed by atoms with Crippen molar-refractivity contribution < 1.29 is 19.0 Å². The molecule has 0 radical (unpaired) electrons. The zero-order chi connectivity index (χ0) is 22.7. The van der Waals surface area contributed by atoms with Gasteiger partial charge in [-0.3, -0.25) is 9.69 Å². The third-order valence-electron chi connectivity index (χ3n) is 5.60. The largest absolute Gasteiger partial charge is 0.493 e. The normalized spacial score (nSPS) is 19.8. The van der Waals surface area contributed by atoms with E-state index >= 15 is 0 Å². The summed E-state index contributed by atoms with van der Waals surface area (Å²) in [5.74, 6) is 1.57. The Hall–Kier alpha value is -2.52. The summed E-state index contributed by atoms with van der Waals surface area (Å²) in [6, 6.07) is 3.84. The summed E-state index contributed by atoms with van der Waals surface area (Å²) in [5.41, 5.74) is 1.68. The lowest BCUT2D eigenvalue weighted by molar-refractivity contribution is -0.124. The molecule has 2 aliphatic rings. The number of hydrogen-bond acceptors (Lipinski definition) is 8. The summed E-state index contributed by atoms with van der Waals surface area (Å²) in [4.78, 5) is 25.2. The molecule has 0 atom stereocenters. The maximum Gasteiger partial charge on any atom is 0.267 e. The molecule has 32 heavy (non-hydrogen) atoms. The van der Waals surface area contributed by atoms with Gasteiger partial charge in [-0.15, -0.1) is 11.3 Å². The summed E-state index contributed by atoms with van der Waals surface area (Å²) in [5, 5.41) is 3.34. The van der Waals surface area contributed by atoms with E-state index in [0.717, 1.165) is 36.9 Å². The van der Waals surface area contributed by atoms with Gasteiger partial charge in [-0.25, -0.2) is 4.98 Å². The minimum atomic E-state index is -0.0224. The summed E-state index contributed by atoms with van der Waals surface area (Å²) in [7, 11) is 4.73. The third-order valence-corrected chi connectivity index (χ3v) is 7.43. The highest BCUT2D eigenvalue weighted by Gasteiger charge is 2.39. The number of aromatic nitrogens is 1. The molecule has 0 N–H and O–H groups in total. The lowest BCUT2D eigenvalue weighted by atomic mass is 9.94. The molecule has 1 aromatic heterocycles. The van der Waals surface area contributed by atoms with Crippen LogP contribution in [0.1, 0.15) is 43.4 Å².